The molecule has 6 heteroatoms. The van der Waals surface area contributed by atoms with Crippen LogP contribution in [0.5, 0.6) is 11.5 Å². The Bertz CT molecular complexity index is 881. The fraction of sp³-hybridized carbons (Fsp3) is 0.478. The predicted molar refractivity (Wildman–Crippen MR) is 114 cm³/mol. The van der Waals surface area contributed by atoms with Crippen LogP contribution in [0.15, 0.2) is 30.5 Å². The van der Waals surface area contributed by atoms with E-state index >= 15 is 0 Å². The van der Waals surface area contributed by atoms with Crippen LogP contribution in [-0.2, 0) is 16.8 Å². The zero-order valence-electron chi connectivity index (χ0n) is 17.7. The molecular formula is C23H31N3O3. The highest BCUT2D eigenvalue weighted by Crippen LogP contribution is 2.36. The molecule has 3 rings (SSSR count). The van der Waals surface area contributed by atoms with E-state index in [-0.39, 0.29) is 28.7 Å². The number of nitrogens with one attached hydrogen (secondary N) is 1. The number of amides is 1. The number of phenolic OH excluding ortho intramolecular Hbond substituents is 2. The predicted octanol–water partition coefficient (Wildman–Crippen LogP) is 3.95. The number of aromatic nitrogens is 1. The summed E-state index contributed by atoms with van der Waals surface area (Å²) < 4.78 is 0. The van der Waals surface area contributed by atoms with Gasteiger partial charge in [0.1, 0.15) is 5.82 Å². The largest absolute Gasteiger partial charge is 0.504 e. The first-order valence-electron chi connectivity index (χ1n) is 10.1. The molecule has 1 aromatic carbocycles. The van der Waals surface area contributed by atoms with Crippen LogP contribution in [0, 0.1) is 12.8 Å². The van der Waals surface area contributed by atoms with Gasteiger partial charge in [-0.3, -0.25) is 9.69 Å². The second-order valence-electron chi connectivity index (χ2n) is 9.01. The van der Waals surface area contributed by atoms with Crippen molar-refractivity contribution in [3.8, 4) is 11.5 Å². The van der Waals surface area contributed by atoms with E-state index in [1.807, 2.05) is 25.1 Å². The Balaban J connectivity index is 1.60. The van der Waals surface area contributed by atoms with Crippen molar-refractivity contribution in [3.05, 3.63) is 47.2 Å². The SMILES string of the molecule is Cc1ccnc(NC(=O)C2CCN(Cc3cc(C(C)(C)C)cc(O)c3O)CC2)c1. The minimum absolute atomic E-state index is 0.0120. The Morgan fingerprint density at radius 1 is 1.21 bits per heavy atom. The number of benzene rings is 1. The van der Waals surface area contributed by atoms with Gasteiger partial charge in [-0.05, 0) is 67.6 Å². The average Bonchev–Trinajstić information content (AvgIpc) is 2.65. The lowest BCUT2D eigenvalue weighted by atomic mass is 9.85. The summed E-state index contributed by atoms with van der Waals surface area (Å²) in [5.41, 5.74) is 2.66. The van der Waals surface area contributed by atoms with Crippen molar-refractivity contribution in [3.63, 3.8) is 0 Å². The lowest BCUT2D eigenvalue weighted by Crippen LogP contribution is -2.37. The number of carbonyl (C=O) groups excluding carboxylic acids is 1. The molecule has 2 heterocycles. The van der Waals surface area contributed by atoms with E-state index in [0.717, 1.165) is 42.6 Å². The molecule has 1 fully saturated rings. The number of rotatable bonds is 4. The number of nitrogens with zero attached hydrogens (tertiary/aromatic N) is 2. The summed E-state index contributed by atoms with van der Waals surface area (Å²) in [6.07, 6.45) is 3.20. The van der Waals surface area contributed by atoms with Crippen LogP contribution in [0.25, 0.3) is 0 Å². The third-order valence-electron chi connectivity index (χ3n) is 5.55. The molecule has 1 saturated heterocycles. The van der Waals surface area contributed by atoms with E-state index in [1.165, 1.54) is 0 Å². The van der Waals surface area contributed by atoms with E-state index in [9.17, 15) is 15.0 Å². The van der Waals surface area contributed by atoms with Gasteiger partial charge in [0.25, 0.3) is 0 Å². The van der Waals surface area contributed by atoms with E-state index in [4.69, 9.17) is 0 Å². The number of phenols is 2. The molecule has 0 unspecified atom stereocenters. The molecule has 2 aromatic rings. The number of hydrogen-bond donors (Lipinski definition) is 3. The van der Waals surface area contributed by atoms with Gasteiger partial charge in [-0.15, -0.1) is 0 Å². The number of aromatic hydroxyl groups is 2. The van der Waals surface area contributed by atoms with Crippen LogP contribution in [0.3, 0.4) is 0 Å². The molecule has 29 heavy (non-hydrogen) atoms. The van der Waals surface area contributed by atoms with E-state index in [1.54, 1.807) is 12.3 Å². The molecule has 1 aromatic heterocycles. The molecule has 0 spiro atoms. The Morgan fingerprint density at radius 2 is 1.90 bits per heavy atom. The molecule has 0 saturated carbocycles. The summed E-state index contributed by atoms with van der Waals surface area (Å²) in [4.78, 5) is 19.0. The summed E-state index contributed by atoms with van der Waals surface area (Å²) in [7, 11) is 0. The second-order valence-corrected chi connectivity index (χ2v) is 9.01. The van der Waals surface area contributed by atoms with Crippen LogP contribution in [-0.4, -0.2) is 39.1 Å². The van der Waals surface area contributed by atoms with E-state index in [0.29, 0.717) is 12.4 Å². The Labute approximate surface area is 172 Å². The van der Waals surface area contributed by atoms with Crippen molar-refractivity contribution in [1.29, 1.82) is 0 Å². The maximum absolute atomic E-state index is 12.6. The fourth-order valence-corrected chi connectivity index (χ4v) is 3.66. The molecule has 1 aliphatic rings. The summed E-state index contributed by atoms with van der Waals surface area (Å²) in [5, 5.41) is 23.3. The third kappa shape index (κ3) is 5.26. The van der Waals surface area contributed by atoms with Gasteiger partial charge in [-0.2, -0.15) is 0 Å². The van der Waals surface area contributed by atoms with Gasteiger partial charge in [-0.1, -0.05) is 26.8 Å². The number of hydrogen-bond acceptors (Lipinski definition) is 5. The van der Waals surface area contributed by atoms with Gasteiger partial charge in [0, 0.05) is 24.2 Å². The Hall–Kier alpha value is -2.60. The standard InChI is InChI=1S/C23H31N3O3/c1-15-5-8-24-20(11-15)25-22(29)16-6-9-26(10-7-16)14-17-12-18(23(2,3)4)13-19(27)21(17)28/h5,8,11-13,16,27-28H,6-7,9-10,14H2,1-4H3,(H,24,25,29). The highest BCUT2D eigenvalue weighted by molar-refractivity contribution is 5.91. The quantitative estimate of drug-likeness (QED) is 0.680. The molecule has 0 bridgehead atoms. The van der Waals surface area contributed by atoms with Crippen molar-refractivity contribution >= 4 is 11.7 Å². The van der Waals surface area contributed by atoms with E-state index in [2.05, 4.69) is 36.0 Å². The molecule has 0 aliphatic carbocycles. The minimum Gasteiger partial charge on any atom is -0.504 e. The molecular weight excluding hydrogens is 366 g/mol. The first-order chi connectivity index (χ1) is 13.6. The van der Waals surface area contributed by atoms with Gasteiger partial charge in [0.05, 0.1) is 0 Å². The average molecular weight is 398 g/mol. The summed E-state index contributed by atoms with van der Waals surface area (Å²) >= 11 is 0. The topological polar surface area (TPSA) is 85.7 Å². The Kier molecular flexibility index (Phi) is 6.13. The number of likely N-dealkylation sites (tertiary alicyclic amines) is 1. The van der Waals surface area contributed by atoms with Gasteiger partial charge >= 0.3 is 0 Å². The molecule has 156 valence electrons. The van der Waals surface area contributed by atoms with Crippen molar-refractivity contribution in [2.45, 2.75) is 52.5 Å². The normalized spacial score (nSPS) is 16.0. The van der Waals surface area contributed by atoms with Crippen molar-refractivity contribution < 1.29 is 15.0 Å². The van der Waals surface area contributed by atoms with Crippen molar-refractivity contribution in [2.75, 3.05) is 18.4 Å². The van der Waals surface area contributed by atoms with Gasteiger partial charge < -0.3 is 15.5 Å². The van der Waals surface area contributed by atoms with Gasteiger partial charge in [0.15, 0.2) is 11.5 Å². The van der Waals surface area contributed by atoms with Crippen LogP contribution in [0.4, 0.5) is 5.82 Å². The van der Waals surface area contributed by atoms with Crippen LogP contribution >= 0.6 is 0 Å². The van der Waals surface area contributed by atoms with E-state index < -0.39 is 0 Å². The van der Waals surface area contributed by atoms with Gasteiger partial charge in [0.2, 0.25) is 5.91 Å². The number of carbonyl (C=O) groups is 1. The lowest BCUT2D eigenvalue weighted by molar-refractivity contribution is -0.121. The number of pyridine rings is 1. The molecule has 0 atom stereocenters. The van der Waals surface area contributed by atoms with Crippen LogP contribution in [0.1, 0.15) is 50.3 Å². The zero-order valence-corrected chi connectivity index (χ0v) is 17.7. The minimum atomic E-state index is -0.116. The molecule has 1 amide bonds. The number of aryl methyl sites for hydroxylation is 1. The molecule has 0 radical (unpaired) electrons. The maximum atomic E-state index is 12.6. The first kappa shape index (κ1) is 21.1. The third-order valence-corrected chi connectivity index (χ3v) is 5.55. The van der Waals surface area contributed by atoms with Crippen LogP contribution in [0.2, 0.25) is 0 Å². The smallest absolute Gasteiger partial charge is 0.228 e. The van der Waals surface area contributed by atoms with Crippen LogP contribution < -0.4 is 5.32 Å². The van der Waals surface area contributed by atoms with Crippen molar-refractivity contribution in [1.82, 2.24) is 9.88 Å². The summed E-state index contributed by atoms with van der Waals surface area (Å²) in [5.74, 6) is 0.432. The number of piperidine rings is 1. The zero-order chi connectivity index (χ0) is 21.2. The highest BCUT2D eigenvalue weighted by Gasteiger charge is 2.26. The van der Waals surface area contributed by atoms with Crippen molar-refractivity contribution in [2.24, 2.45) is 5.92 Å². The monoisotopic (exact) mass is 397 g/mol. The summed E-state index contributed by atoms with van der Waals surface area (Å²) in [6.45, 7) is 10.3. The lowest BCUT2D eigenvalue weighted by Gasteiger charge is -2.32. The van der Waals surface area contributed by atoms with Gasteiger partial charge in [-0.25, -0.2) is 4.98 Å². The Morgan fingerprint density at radius 3 is 2.52 bits per heavy atom. The fourth-order valence-electron chi connectivity index (χ4n) is 3.66. The molecule has 6 nitrogen and oxygen atoms in total. The maximum Gasteiger partial charge on any atom is 0.228 e. The first-order valence-corrected chi connectivity index (χ1v) is 10.1. The molecule has 3 N–H and O–H groups in total. The molecule has 1 aliphatic heterocycles. The highest BCUT2D eigenvalue weighted by atomic mass is 16.3. The summed E-state index contributed by atoms with van der Waals surface area (Å²) in [6, 6.07) is 7.37. The second kappa shape index (κ2) is 8.41. The number of anilines is 1.